The molecule has 3 aromatic rings. The molecule has 0 saturated heterocycles. The van der Waals surface area contributed by atoms with Gasteiger partial charge in [0.2, 0.25) is 5.89 Å². The molecule has 0 aliphatic rings. The third kappa shape index (κ3) is 2.01. The van der Waals surface area contributed by atoms with Crippen molar-refractivity contribution < 1.29 is 14.3 Å². The fourth-order valence-corrected chi connectivity index (χ4v) is 1.81. The van der Waals surface area contributed by atoms with Crippen molar-refractivity contribution in [2.24, 2.45) is 0 Å². The van der Waals surface area contributed by atoms with Gasteiger partial charge in [-0.1, -0.05) is 0 Å². The van der Waals surface area contributed by atoms with Crippen molar-refractivity contribution in [3.63, 3.8) is 0 Å². The first kappa shape index (κ1) is 11.3. The summed E-state index contributed by atoms with van der Waals surface area (Å²) in [6.07, 6.45) is 0. The second kappa shape index (κ2) is 4.13. The number of nitrogen functional groups attached to an aromatic ring is 1. The van der Waals surface area contributed by atoms with Crippen LogP contribution in [0.1, 0.15) is 10.4 Å². The van der Waals surface area contributed by atoms with E-state index in [-0.39, 0.29) is 5.56 Å². The molecule has 0 saturated carbocycles. The van der Waals surface area contributed by atoms with E-state index in [0.717, 1.165) is 5.56 Å². The number of carboxylic acid groups (broad SMARTS) is 1. The third-order valence-electron chi connectivity index (χ3n) is 2.79. The first-order chi connectivity index (χ1) is 9.13. The molecule has 0 bridgehead atoms. The fourth-order valence-electron chi connectivity index (χ4n) is 1.81. The number of nitrogens with two attached hydrogens (primary N) is 1. The molecule has 5 nitrogen and oxygen atoms in total. The number of aromatic carboxylic acids is 1. The van der Waals surface area contributed by atoms with Crippen molar-refractivity contribution in [3.8, 4) is 11.5 Å². The average molecular weight is 254 g/mol. The van der Waals surface area contributed by atoms with Crippen LogP contribution >= 0.6 is 0 Å². The molecule has 3 rings (SSSR count). The van der Waals surface area contributed by atoms with Crippen molar-refractivity contribution in [2.45, 2.75) is 0 Å². The van der Waals surface area contributed by atoms with E-state index < -0.39 is 5.97 Å². The van der Waals surface area contributed by atoms with Crippen LogP contribution in [0.15, 0.2) is 46.9 Å². The second-order valence-electron chi connectivity index (χ2n) is 4.13. The Labute approximate surface area is 108 Å². The van der Waals surface area contributed by atoms with E-state index in [9.17, 15) is 4.79 Å². The van der Waals surface area contributed by atoms with Crippen molar-refractivity contribution in [2.75, 3.05) is 5.73 Å². The summed E-state index contributed by atoms with van der Waals surface area (Å²) in [5.74, 6) is -0.545. The Balaban J connectivity index is 2.11. The van der Waals surface area contributed by atoms with E-state index >= 15 is 0 Å². The number of carbonyl (C=O) groups is 1. The second-order valence-corrected chi connectivity index (χ2v) is 4.13. The number of hydrogen-bond donors (Lipinski definition) is 2. The summed E-state index contributed by atoms with van der Waals surface area (Å²) >= 11 is 0. The van der Waals surface area contributed by atoms with E-state index in [1.807, 2.05) is 0 Å². The summed E-state index contributed by atoms with van der Waals surface area (Å²) in [7, 11) is 0. The van der Waals surface area contributed by atoms with Gasteiger partial charge >= 0.3 is 5.97 Å². The third-order valence-corrected chi connectivity index (χ3v) is 2.79. The lowest BCUT2D eigenvalue weighted by Gasteiger charge is -1.95. The lowest BCUT2D eigenvalue weighted by molar-refractivity contribution is 0.0697. The van der Waals surface area contributed by atoms with Gasteiger partial charge in [-0.2, -0.15) is 0 Å². The summed E-state index contributed by atoms with van der Waals surface area (Å²) in [5, 5.41) is 8.93. The zero-order chi connectivity index (χ0) is 13.4. The number of aromatic nitrogens is 1. The minimum Gasteiger partial charge on any atom is -0.478 e. The van der Waals surface area contributed by atoms with Gasteiger partial charge in [0, 0.05) is 11.3 Å². The molecule has 0 fully saturated rings. The Morgan fingerprint density at radius 2 is 1.89 bits per heavy atom. The number of rotatable bonds is 2. The number of oxazole rings is 1. The minimum absolute atomic E-state index is 0.185. The normalized spacial score (nSPS) is 10.7. The van der Waals surface area contributed by atoms with Gasteiger partial charge in [0.15, 0.2) is 5.58 Å². The van der Waals surface area contributed by atoms with E-state index in [0.29, 0.717) is 22.7 Å². The van der Waals surface area contributed by atoms with Crippen molar-refractivity contribution >= 4 is 22.8 Å². The van der Waals surface area contributed by atoms with Gasteiger partial charge in [-0.05, 0) is 42.5 Å². The van der Waals surface area contributed by atoms with Gasteiger partial charge < -0.3 is 15.3 Å². The molecule has 1 heterocycles. The number of fused-ring (bicyclic) bond motifs is 1. The van der Waals surface area contributed by atoms with Crippen molar-refractivity contribution in [1.29, 1.82) is 0 Å². The molecule has 5 heteroatoms. The minimum atomic E-state index is -0.987. The molecule has 0 unspecified atom stereocenters. The van der Waals surface area contributed by atoms with Crippen LogP contribution in [0.5, 0.6) is 0 Å². The van der Waals surface area contributed by atoms with E-state index in [4.69, 9.17) is 15.3 Å². The Morgan fingerprint density at radius 3 is 2.58 bits per heavy atom. The molecular formula is C14H10N2O3. The smallest absolute Gasteiger partial charge is 0.335 e. The lowest BCUT2D eigenvalue weighted by atomic mass is 10.2. The summed E-state index contributed by atoms with van der Waals surface area (Å²) in [5.41, 5.74) is 8.33. The molecular weight excluding hydrogens is 244 g/mol. The summed E-state index contributed by atoms with van der Waals surface area (Å²) in [6.45, 7) is 0. The van der Waals surface area contributed by atoms with Crippen LogP contribution in [0.2, 0.25) is 0 Å². The topological polar surface area (TPSA) is 89.3 Å². The van der Waals surface area contributed by atoms with Crippen molar-refractivity contribution in [1.82, 2.24) is 4.98 Å². The fraction of sp³-hybridized carbons (Fsp3) is 0. The molecule has 0 aliphatic heterocycles. The van der Waals surface area contributed by atoms with Crippen LogP contribution in [-0.4, -0.2) is 16.1 Å². The molecule has 2 aromatic carbocycles. The Hall–Kier alpha value is -2.82. The average Bonchev–Trinajstić information content (AvgIpc) is 2.82. The number of nitrogens with zero attached hydrogens (tertiary/aromatic N) is 1. The van der Waals surface area contributed by atoms with Gasteiger partial charge in [0.05, 0.1) is 5.56 Å². The Morgan fingerprint density at radius 1 is 1.16 bits per heavy atom. The largest absolute Gasteiger partial charge is 0.478 e. The molecule has 0 amide bonds. The number of benzene rings is 2. The zero-order valence-corrected chi connectivity index (χ0v) is 9.83. The molecule has 1 aromatic heterocycles. The van der Waals surface area contributed by atoms with Gasteiger partial charge in [0.1, 0.15) is 5.52 Å². The SMILES string of the molecule is Nc1ccc(-c2nc3cc(C(=O)O)ccc3o2)cc1. The van der Waals surface area contributed by atoms with Crippen LogP contribution in [0, 0.1) is 0 Å². The van der Waals surface area contributed by atoms with Crippen LogP contribution in [0.4, 0.5) is 5.69 Å². The highest BCUT2D eigenvalue weighted by atomic mass is 16.4. The van der Waals surface area contributed by atoms with Crippen LogP contribution in [0.25, 0.3) is 22.6 Å². The van der Waals surface area contributed by atoms with E-state index in [1.165, 1.54) is 12.1 Å². The molecule has 0 atom stereocenters. The van der Waals surface area contributed by atoms with Crippen molar-refractivity contribution in [3.05, 3.63) is 48.0 Å². The highest BCUT2D eigenvalue weighted by molar-refractivity contribution is 5.92. The summed E-state index contributed by atoms with van der Waals surface area (Å²) < 4.78 is 5.58. The number of hydrogen-bond acceptors (Lipinski definition) is 4. The highest BCUT2D eigenvalue weighted by Gasteiger charge is 2.10. The molecule has 19 heavy (non-hydrogen) atoms. The van der Waals surface area contributed by atoms with E-state index in [1.54, 1.807) is 30.3 Å². The number of anilines is 1. The Kier molecular flexibility index (Phi) is 2.45. The number of carboxylic acids is 1. The highest BCUT2D eigenvalue weighted by Crippen LogP contribution is 2.25. The monoisotopic (exact) mass is 254 g/mol. The standard InChI is InChI=1S/C14H10N2O3/c15-10-4-1-8(2-5-10)13-16-11-7-9(14(17)18)3-6-12(11)19-13/h1-7H,15H2,(H,17,18). The quantitative estimate of drug-likeness (QED) is 0.686. The molecule has 0 spiro atoms. The lowest BCUT2D eigenvalue weighted by Crippen LogP contribution is -1.94. The summed E-state index contributed by atoms with van der Waals surface area (Å²) in [4.78, 5) is 15.2. The molecule has 0 aliphatic carbocycles. The first-order valence-electron chi connectivity index (χ1n) is 5.63. The maximum atomic E-state index is 10.9. The maximum Gasteiger partial charge on any atom is 0.335 e. The van der Waals surface area contributed by atoms with E-state index in [2.05, 4.69) is 4.98 Å². The molecule has 3 N–H and O–H groups in total. The van der Waals surface area contributed by atoms with Gasteiger partial charge in [0.25, 0.3) is 0 Å². The van der Waals surface area contributed by atoms with Gasteiger partial charge in [-0.25, -0.2) is 9.78 Å². The van der Waals surface area contributed by atoms with Gasteiger partial charge in [-0.15, -0.1) is 0 Å². The van der Waals surface area contributed by atoms with Gasteiger partial charge in [-0.3, -0.25) is 0 Å². The molecule has 0 radical (unpaired) electrons. The van der Waals surface area contributed by atoms with Crippen LogP contribution in [-0.2, 0) is 0 Å². The predicted octanol–water partition coefficient (Wildman–Crippen LogP) is 2.78. The summed E-state index contributed by atoms with van der Waals surface area (Å²) in [6, 6.07) is 11.7. The Bertz CT molecular complexity index is 760. The van der Waals surface area contributed by atoms with Crippen LogP contribution < -0.4 is 5.73 Å². The van der Waals surface area contributed by atoms with Crippen LogP contribution in [0.3, 0.4) is 0 Å². The molecule has 94 valence electrons. The maximum absolute atomic E-state index is 10.9. The first-order valence-corrected chi connectivity index (χ1v) is 5.63. The zero-order valence-electron chi connectivity index (χ0n) is 9.83. The predicted molar refractivity (Wildman–Crippen MR) is 70.8 cm³/mol.